The molecule has 0 fully saturated rings. The molecule has 0 heterocycles. The van der Waals surface area contributed by atoms with E-state index in [2.05, 4.69) is 4.74 Å². The second kappa shape index (κ2) is 7.25. The fraction of sp³-hybridized carbons (Fsp3) is 0.875. The molecule has 0 aromatic heterocycles. The highest BCUT2D eigenvalue weighted by Crippen LogP contribution is 2.06. The van der Waals surface area contributed by atoms with E-state index in [1.54, 1.807) is 0 Å². The number of unbranched alkanes of at least 4 members (excludes halogenated alkanes) is 1. The maximum atomic E-state index is 10.7. The van der Waals surface area contributed by atoms with Gasteiger partial charge in [0.1, 0.15) is 6.61 Å². The van der Waals surface area contributed by atoms with Crippen LogP contribution >= 0.6 is 0 Å². The second-order valence-corrected chi connectivity index (χ2v) is 2.94. The third kappa shape index (κ3) is 5.47. The van der Waals surface area contributed by atoms with Crippen LogP contribution in [0.2, 0.25) is 0 Å². The molecular formula is C8H15NO5. The lowest BCUT2D eigenvalue weighted by Gasteiger charge is -2.05. The van der Waals surface area contributed by atoms with E-state index in [0.717, 1.165) is 0 Å². The van der Waals surface area contributed by atoms with Gasteiger partial charge >= 0.3 is 5.97 Å². The van der Waals surface area contributed by atoms with Gasteiger partial charge < -0.3 is 9.84 Å². The first kappa shape index (κ1) is 12.8. The Hall–Kier alpha value is -1.17. The number of carbonyl (C=O) groups excluding carboxylic acids is 1. The van der Waals surface area contributed by atoms with Crippen molar-refractivity contribution in [1.82, 2.24) is 0 Å². The molecule has 6 nitrogen and oxygen atoms in total. The van der Waals surface area contributed by atoms with Gasteiger partial charge in [0.15, 0.2) is 0 Å². The molecule has 1 N–H and O–H groups in total. The summed E-state index contributed by atoms with van der Waals surface area (Å²) in [6.07, 6.45) is 1.66. The van der Waals surface area contributed by atoms with Crippen molar-refractivity contribution >= 4 is 5.97 Å². The average molecular weight is 205 g/mol. The SMILES string of the molecule is COC(=O)CCCCC(CO)[N+](=O)[O-]. The van der Waals surface area contributed by atoms with Crippen LogP contribution in [0.3, 0.4) is 0 Å². The van der Waals surface area contributed by atoms with Gasteiger partial charge in [-0.1, -0.05) is 0 Å². The molecule has 0 amide bonds. The number of nitrogens with zero attached hydrogens (tertiary/aromatic N) is 1. The lowest BCUT2D eigenvalue weighted by molar-refractivity contribution is -0.526. The molecule has 0 aliphatic heterocycles. The smallest absolute Gasteiger partial charge is 0.305 e. The van der Waals surface area contributed by atoms with E-state index < -0.39 is 17.6 Å². The summed E-state index contributed by atoms with van der Waals surface area (Å²) in [5, 5.41) is 18.9. The Labute approximate surface area is 82.0 Å². The average Bonchev–Trinajstić information content (AvgIpc) is 2.16. The number of aliphatic hydroxyl groups is 1. The standard InChI is InChI=1S/C8H15NO5/c1-14-8(11)5-3-2-4-7(6-10)9(12)13/h7,10H,2-6H2,1H3. The van der Waals surface area contributed by atoms with Crippen LogP contribution in [-0.2, 0) is 9.53 Å². The van der Waals surface area contributed by atoms with Crippen LogP contribution in [0.25, 0.3) is 0 Å². The predicted molar refractivity (Wildman–Crippen MR) is 48.4 cm³/mol. The summed E-state index contributed by atoms with van der Waals surface area (Å²) >= 11 is 0. The largest absolute Gasteiger partial charge is 0.469 e. The van der Waals surface area contributed by atoms with Crippen molar-refractivity contribution in [1.29, 1.82) is 0 Å². The van der Waals surface area contributed by atoms with Crippen LogP contribution in [0.1, 0.15) is 25.7 Å². The topological polar surface area (TPSA) is 89.7 Å². The van der Waals surface area contributed by atoms with Crippen molar-refractivity contribution in [2.45, 2.75) is 31.7 Å². The molecule has 1 unspecified atom stereocenters. The van der Waals surface area contributed by atoms with E-state index in [-0.39, 0.29) is 12.4 Å². The molecule has 0 saturated carbocycles. The zero-order chi connectivity index (χ0) is 11.0. The Morgan fingerprint density at radius 3 is 2.64 bits per heavy atom. The number of esters is 1. The number of methoxy groups -OCH3 is 1. The summed E-state index contributed by atoms with van der Waals surface area (Å²) in [5.41, 5.74) is 0. The third-order valence-corrected chi connectivity index (χ3v) is 1.90. The van der Waals surface area contributed by atoms with Gasteiger partial charge in [0, 0.05) is 17.8 Å². The Bertz CT molecular complexity index is 194. The molecule has 14 heavy (non-hydrogen) atoms. The van der Waals surface area contributed by atoms with Gasteiger partial charge in [-0.05, 0) is 12.8 Å². The van der Waals surface area contributed by atoms with E-state index in [9.17, 15) is 14.9 Å². The molecule has 6 heteroatoms. The summed E-state index contributed by atoms with van der Waals surface area (Å²) < 4.78 is 4.41. The first-order valence-corrected chi connectivity index (χ1v) is 4.43. The number of hydrogen-bond acceptors (Lipinski definition) is 5. The molecule has 0 aromatic rings. The first-order chi connectivity index (χ1) is 6.61. The molecular weight excluding hydrogens is 190 g/mol. The molecule has 0 spiro atoms. The zero-order valence-corrected chi connectivity index (χ0v) is 8.14. The quantitative estimate of drug-likeness (QED) is 0.280. The minimum Gasteiger partial charge on any atom is -0.469 e. The summed E-state index contributed by atoms with van der Waals surface area (Å²) in [7, 11) is 1.30. The van der Waals surface area contributed by atoms with Gasteiger partial charge in [-0.2, -0.15) is 0 Å². The van der Waals surface area contributed by atoms with E-state index in [1.165, 1.54) is 7.11 Å². The highest BCUT2D eigenvalue weighted by Gasteiger charge is 2.17. The Morgan fingerprint density at radius 1 is 1.57 bits per heavy atom. The third-order valence-electron chi connectivity index (χ3n) is 1.90. The lowest BCUT2D eigenvalue weighted by Crippen LogP contribution is -2.23. The maximum absolute atomic E-state index is 10.7. The fourth-order valence-electron chi connectivity index (χ4n) is 1.01. The highest BCUT2D eigenvalue weighted by molar-refractivity contribution is 5.68. The molecule has 0 bridgehead atoms. The molecule has 1 atom stereocenters. The van der Waals surface area contributed by atoms with Crippen LogP contribution in [0.5, 0.6) is 0 Å². The second-order valence-electron chi connectivity index (χ2n) is 2.94. The molecule has 0 aromatic carbocycles. The van der Waals surface area contributed by atoms with Crippen molar-refractivity contribution in [3.05, 3.63) is 10.1 Å². The summed E-state index contributed by atoms with van der Waals surface area (Å²) in [6.45, 7) is -0.453. The fourth-order valence-corrected chi connectivity index (χ4v) is 1.01. The molecule has 0 radical (unpaired) electrons. The van der Waals surface area contributed by atoms with Crippen molar-refractivity contribution < 1.29 is 19.6 Å². The summed E-state index contributed by atoms with van der Waals surface area (Å²) in [4.78, 5) is 20.4. The minimum atomic E-state index is -0.910. The minimum absolute atomic E-state index is 0.270. The maximum Gasteiger partial charge on any atom is 0.305 e. The first-order valence-electron chi connectivity index (χ1n) is 4.43. The van der Waals surface area contributed by atoms with Crippen molar-refractivity contribution in [3.63, 3.8) is 0 Å². The number of carbonyl (C=O) groups is 1. The normalized spacial score (nSPS) is 12.1. The van der Waals surface area contributed by atoms with Crippen molar-refractivity contribution in [2.75, 3.05) is 13.7 Å². The number of ether oxygens (including phenoxy) is 1. The van der Waals surface area contributed by atoms with E-state index in [0.29, 0.717) is 19.3 Å². The molecule has 0 saturated heterocycles. The Morgan fingerprint density at radius 2 is 2.21 bits per heavy atom. The number of aliphatic hydroxyl groups excluding tert-OH is 1. The number of nitro groups is 1. The van der Waals surface area contributed by atoms with Crippen molar-refractivity contribution in [2.24, 2.45) is 0 Å². The van der Waals surface area contributed by atoms with Gasteiger partial charge in [-0.25, -0.2) is 0 Å². The van der Waals surface area contributed by atoms with Gasteiger partial charge in [0.25, 0.3) is 0 Å². The number of rotatable bonds is 7. The van der Waals surface area contributed by atoms with Gasteiger partial charge in [0.05, 0.1) is 7.11 Å². The summed E-state index contributed by atoms with van der Waals surface area (Å²) in [6, 6.07) is -0.910. The Balaban J connectivity index is 3.52. The van der Waals surface area contributed by atoms with E-state index in [4.69, 9.17) is 5.11 Å². The Kier molecular flexibility index (Phi) is 6.65. The monoisotopic (exact) mass is 205 g/mol. The summed E-state index contributed by atoms with van der Waals surface area (Å²) in [5.74, 6) is -0.313. The molecule has 0 rings (SSSR count). The van der Waals surface area contributed by atoms with Gasteiger partial charge in [0.2, 0.25) is 6.04 Å². The van der Waals surface area contributed by atoms with Crippen LogP contribution < -0.4 is 0 Å². The number of hydrogen-bond donors (Lipinski definition) is 1. The van der Waals surface area contributed by atoms with Crippen LogP contribution in [0.15, 0.2) is 0 Å². The zero-order valence-electron chi connectivity index (χ0n) is 8.14. The predicted octanol–water partition coefficient (Wildman–Crippen LogP) is 0.357. The van der Waals surface area contributed by atoms with Crippen LogP contribution in [0.4, 0.5) is 0 Å². The molecule has 0 aliphatic rings. The highest BCUT2D eigenvalue weighted by atomic mass is 16.6. The van der Waals surface area contributed by atoms with Crippen LogP contribution in [-0.4, -0.2) is 35.8 Å². The van der Waals surface area contributed by atoms with Gasteiger partial charge in [-0.3, -0.25) is 14.9 Å². The van der Waals surface area contributed by atoms with Crippen molar-refractivity contribution in [3.8, 4) is 0 Å². The molecule has 82 valence electrons. The van der Waals surface area contributed by atoms with Gasteiger partial charge in [-0.15, -0.1) is 0 Å². The van der Waals surface area contributed by atoms with Crippen LogP contribution in [0, 0.1) is 10.1 Å². The lowest BCUT2D eigenvalue weighted by atomic mass is 10.1. The van der Waals surface area contributed by atoms with E-state index in [1.807, 2.05) is 0 Å². The van der Waals surface area contributed by atoms with E-state index >= 15 is 0 Å². The molecule has 0 aliphatic carbocycles.